The number of fused-ring (bicyclic) bond motifs is 2. The van der Waals surface area contributed by atoms with Gasteiger partial charge in [0, 0.05) is 31.4 Å². The maximum atomic E-state index is 12.7. The lowest BCUT2D eigenvalue weighted by Gasteiger charge is -2.20. The van der Waals surface area contributed by atoms with Crippen molar-refractivity contribution in [1.29, 1.82) is 0 Å². The van der Waals surface area contributed by atoms with Gasteiger partial charge in [-0.15, -0.1) is 0 Å². The van der Waals surface area contributed by atoms with Gasteiger partial charge in [0.2, 0.25) is 0 Å². The van der Waals surface area contributed by atoms with Crippen molar-refractivity contribution in [3.05, 3.63) is 41.3 Å². The van der Waals surface area contributed by atoms with E-state index in [4.69, 9.17) is 0 Å². The summed E-state index contributed by atoms with van der Waals surface area (Å²) in [4.78, 5) is 29.3. The summed E-state index contributed by atoms with van der Waals surface area (Å²) in [5, 5.41) is -0.0405. The maximum Gasteiger partial charge on any atom is 0.280 e. The molecule has 0 saturated carbocycles. The highest BCUT2D eigenvalue weighted by atomic mass is 32.2. The summed E-state index contributed by atoms with van der Waals surface area (Å²) in [6.45, 7) is 2.04. The number of benzene rings is 1. The lowest BCUT2D eigenvalue weighted by molar-refractivity contribution is 0.0693. The summed E-state index contributed by atoms with van der Waals surface area (Å²) in [6.07, 6.45) is 4.28. The molecule has 4 rings (SSSR count). The molecule has 1 aromatic carbocycles. The van der Waals surface area contributed by atoms with Crippen LogP contribution in [0.3, 0.4) is 0 Å². The second-order valence-corrected chi connectivity index (χ2v) is 8.31. The minimum atomic E-state index is -3.88. The smallest absolute Gasteiger partial charge is 0.280 e. The third-order valence-electron chi connectivity index (χ3n) is 4.90. The lowest BCUT2D eigenvalue weighted by atomic mass is 10.1. The van der Waals surface area contributed by atoms with Gasteiger partial charge < -0.3 is 4.57 Å². The molecule has 0 radical (unpaired) electrons. The third-order valence-corrected chi connectivity index (χ3v) is 6.15. The van der Waals surface area contributed by atoms with Crippen molar-refractivity contribution in [1.82, 2.24) is 14.5 Å². The van der Waals surface area contributed by atoms with E-state index in [0.29, 0.717) is 0 Å². The van der Waals surface area contributed by atoms with E-state index in [9.17, 15) is 18.0 Å². The molecule has 9 heteroatoms. The monoisotopic (exact) mass is 374 g/mol. The van der Waals surface area contributed by atoms with Crippen LogP contribution < -0.4 is 4.72 Å². The molecule has 2 aliphatic heterocycles. The molecule has 1 unspecified atom stereocenters. The predicted molar refractivity (Wildman–Crippen MR) is 93.6 cm³/mol. The topological polar surface area (TPSA) is 101 Å². The summed E-state index contributed by atoms with van der Waals surface area (Å²) in [5.74, 6) is -0.0759. The SMILES string of the molecule is CC1CCCc2nc(S(=O)(=O)Nc3ccc4c(c3)C(=O)N(C)C4=O)cn21. The van der Waals surface area contributed by atoms with Gasteiger partial charge in [0.25, 0.3) is 21.8 Å². The van der Waals surface area contributed by atoms with Gasteiger partial charge in [-0.05, 0) is 38.0 Å². The number of carbonyl (C=O) groups is 2. The van der Waals surface area contributed by atoms with E-state index in [2.05, 4.69) is 9.71 Å². The Morgan fingerprint density at radius 2 is 1.92 bits per heavy atom. The highest BCUT2D eigenvalue weighted by Crippen LogP contribution is 2.28. The van der Waals surface area contributed by atoms with Gasteiger partial charge in [-0.25, -0.2) is 4.98 Å². The van der Waals surface area contributed by atoms with E-state index in [0.717, 1.165) is 30.0 Å². The largest absolute Gasteiger partial charge is 0.331 e. The van der Waals surface area contributed by atoms with Gasteiger partial charge in [-0.1, -0.05) is 0 Å². The number of nitrogens with zero attached hydrogens (tertiary/aromatic N) is 3. The Balaban J connectivity index is 1.66. The Morgan fingerprint density at radius 3 is 2.65 bits per heavy atom. The average molecular weight is 374 g/mol. The van der Waals surface area contributed by atoms with Crippen LogP contribution >= 0.6 is 0 Å². The van der Waals surface area contributed by atoms with E-state index in [1.807, 2.05) is 11.5 Å². The van der Waals surface area contributed by atoms with E-state index in [-0.39, 0.29) is 27.9 Å². The van der Waals surface area contributed by atoms with Gasteiger partial charge in [0.05, 0.1) is 11.1 Å². The number of rotatable bonds is 3. The van der Waals surface area contributed by atoms with Gasteiger partial charge in [-0.3, -0.25) is 19.2 Å². The summed E-state index contributed by atoms with van der Waals surface area (Å²) in [7, 11) is -2.49. The number of imidazole rings is 1. The van der Waals surface area contributed by atoms with Crippen molar-refractivity contribution in [2.45, 2.75) is 37.3 Å². The van der Waals surface area contributed by atoms with Gasteiger partial charge in [0.15, 0.2) is 5.03 Å². The number of anilines is 1. The number of amides is 2. The number of hydrogen-bond donors (Lipinski definition) is 1. The van der Waals surface area contributed by atoms with Crippen LogP contribution in [0.4, 0.5) is 5.69 Å². The number of nitrogens with one attached hydrogen (secondary N) is 1. The van der Waals surface area contributed by atoms with Gasteiger partial charge in [-0.2, -0.15) is 8.42 Å². The molecule has 1 aromatic heterocycles. The molecule has 0 spiro atoms. The first-order valence-electron chi connectivity index (χ1n) is 8.35. The van der Waals surface area contributed by atoms with Crippen LogP contribution in [-0.2, 0) is 16.4 Å². The third kappa shape index (κ3) is 2.50. The predicted octanol–water partition coefficient (Wildman–Crippen LogP) is 1.81. The zero-order chi connectivity index (χ0) is 18.6. The first-order chi connectivity index (χ1) is 12.3. The Kier molecular flexibility index (Phi) is 3.65. The van der Waals surface area contributed by atoms with Crippen LogP contribution in [0.15, 0.2) is 29.4 Å². The Hall–Kier alpha value is -2.68. The van der Waals surface area contributed by atoms with Crippen molar-refractivity contribution >= 4 is 27.5 Å². The fourth-order valence-corrected chi connectivity index (χ4v) is 4.45. The standard InChI is InChI=1S/C17H18N4O4S/c1-10-4-3-5-14-18-15(9-21(10)14)26(24,25)19-11-6-7-12-13(8-11)17(23)20(2)16(12)22/h6-10,19H,3-5H2,1-2H3. The molecule has 8 nitrogen and oxygen atoms in total. The van der Waals surface area contributed by atoms with Crippen molar-refractivity contribution in [3.8, 4) is 0 Å². The highest BCUT2D eigenvalue weighted by Gasteiger charge is 2.33. The molecule has 0 bridgehead atoms. The molecule has 3 heterocycles. The number of carbonyl (C=O) groups excluding carboxylic acids is 2. The van der Waals surface area contributed by atoms with E-state index in [1.165, 1.54) is 25.2 Å². The number of aromatic nitrogens is 2. The molecule has 0 saturated heterocycles. The van der Waals surface area contributed by atoms with Crippen molar-refractivity contribution in [2.24, 2.45) is 0 Å². The zero-order valence-corrected chi connectivity index (χ0v) is 15.2. The van der Waals surface area contributed by atoms with E-state index >= 15 is 0 Å². The second-order valence-electron chi connectivity index (χ2n) is 6.68. The maximum absolute atomic E-state index is 12.7. The fourth-order valence-electron chi connectivity index (χ4n) is 3.43. The zero-order valence-electron chi connectivity index (χ0n) is 14.4. The molecule has 2 aliphatic rings. The van der Waals surface area contributed by atoms with Crippen LogP contribution in [0.5, 0.6) is 0 Å². The van der Waals surface area contributed by atoms with E-state index in [1.54, 1.807) is 6.20 Å². The van der Waals surface area contributed by atoms with Crippen molar-refractivity contribution in [3.63, 3.8) is 0 Å². The first kappa shape index (κ1) is 16.8. The second kappa shape index (κ2) is 5.66. The molecule has 1 N–H and O–H groups in total. The fraction of sp³-hybridized carbons (Fsp3) is 0.353. The molecule has 0 aliphatic carbocycles. The molecule has 2 amide bonds. The Morgan fingerprint density at radius 1 is 1.19 bits per heavy atom. The van der Waals surface area contributed by atoms with Crippen molar-refractivity contribution in [2.75, 3.05) is 11.8 Å². The molecule has 136 valence electrons. The Bertz CT molecular complexity index is 1040. The molecule has 0 fully saturated rings. The lowest BCUT2D eigenvalue weighted by Crippen LogP contribution is -2.24. The van der Waals surface area contributed by atoms with Crippen LogP contribution in [0.2, 0.25) is 0 Å². The number of imide groups is 1. The summed E-state index contributed by atoms with van der Waals surface area (Å²) in [6, 6.07) is 4.53. The molecular weight excluding hydrogens is 356 g/mol. The quantitative estimate of drug-likeness (QED) is 0.826. The molecule has 1 atom stereocenters. The number of hydrogen-bond acceptors (Lipinski definition) is 5. The minimum absolute atomic E-state index is 0.0405. The minimum Gasteiger partial charge on any atom is -0.331 e. The summed E-state index contributed by atoms with van der Waals surface area (Å²) >= 11 is 0. The summed E-state index contributed by atoms with van der Waals surface area (Å²) in [5.41, 5.74) is 0.682. The summed E-state index contributed by atoms with van der Waals surface area (Å²) < 4.78 is 29.7. The molecular formula is C17H18N4O4S. The normalized spacial score (nSPS) is 19.5. The average Bonchev–Trinajstić information content (AvgIpc) is 3.13. The van der Waals surface area contributed by atoms with Crippen LogP contribution in [0, 0.1) is 0 Å². The Labute approximate surface area is 150 Å². The van der Waals surface area contributed by atoms with Crippen LogP contribution in [0.1, 0.15) is 52.3 Å². The van der Waals surface area contributed by atoms with Gasteiger partial charge >= 0.3 is 0 Å². The van der Waals surface area contributed by atoms with Crippen LogP contribution in [0.25, 0.3) is 0 Å². The highest BCUT2D eigenvalue weighted by molar-refractivity contribution is 7.92. The number of aryl methyl sites for hydroxylation is 1. The first-order valence-corrected chi connectivity index (χ1v) is 9.83. The molecule has 2 aromatic rings. The van der Waals surface area contributed by atoms with Crippen molar-refractivity contribution < 1.29 is 18.0 Å². The number of sulfonamides is 1. The van der Waals surface area contributed by atoms with Gasteiger partial charge in [0.1, 0.15) is 5.82 Å². The van der Waals surface area contributed by atoms with E-state index < -0.39 is 21.8 Å². The molecule has 26 heavy (non-hydrogen) atoms. The van der Waals surface area contributed by atoms with Crippen LogP contribution in [-0.4, -0.2) is 41.7 Å².